The van der Waals surface area contributed by atoms with Crippen molar-refractivity contribution in [3.63, 3.8) is 0 Å². The van der Waals surface area contributed by atoms with Gasteiger partial charge in [0.2, 0.25) is 5.91 Å². The molecule has 72 valence electrons. The molecule has 0 aromatic heterocycles. The van der Waals surface area contributed by atoms with Gasteiger partial charge in [0.05, 0.1) is 6.42 Å². The van der Waals surface area contributed by atoms with Crippen LogP contribution >= 0.6 is 15.9 Å². The fourth-order valence-electron chi connectivity index (χ4n) is 0.968. The van der Waals surface area contributed by atoms with Gasteiger partial charge in [0.25, 0.3) is 0 Å². The summed E-state index contributed by atoms with van der Waals surface area (Å²) in [6, 6.07) is 5.62. The van der Waals surface area contributed by atoms with Crippen molar-refractivity contribution in [1.82, 2.24) is 0 Å². The number of amides is 1. The lowest BCUT2D eigenvalue weighted by Crippen LogP contribution is -2.09. The van der Waals surface area contributed by atoms with Crippen LogP contribution < -0.4 is 5.32 Å². The van der Waals surface area contributed by atoms with Crippen LogP contribution in [0.15, 0.2) is 22.7 Å². The van der Waals surface area contributed by atoms with Crippen molar-refractivity contribution < 1.29 is 4.79 Å². The third-order valence-corrected chi connectivity index (χ3v) is 2.57. The Balaban J connectivity index is 2.74. The van der Waals surface area contributed by atoms with E-state index in [0.29, 0.717) is 0 Å². The van der Waals surface area contributed by atoms with Crippen LogP contribution in [0.1, 0.15) is 12.0 Å². The van der Waals surface area contributed by atoms with E-state index in [1.165, 1.54) is 0 Å². The second kappa shape index (κ2) is 4.83. The highest BCUT2D eigenvalue weighted by Crippen LogP contribution is 2.20. The minimum Gasteiger partial charge on any atom is -0.325 e. The van der Waals surface area contributed by atoms with E-state index >= 15 is 0 Å². The summed E-state index contributed by atoms with van der Waals surface area (Å²) in [4.78, 5) is 11.1. The first kappa shape index (κ1) is 10.8. The number of carbonyl (C=O) groups is 1. The van der Waals surface area contributed by atoms with Crippen LogP contribution in [-0.2, 0) is 4.79 Å². The minimum absolute atomic E-state index is 0.103. The third kappa shape index (κ3) is 2.90. The van der Waals surface area contributed by atoms with Crippen LogP contribution in [0.5, 0.6) is 0 Å². The Kier molecular flexibility index (Phi) is 3.73. The predicted molar refractivity (Wildman–Crippen MR) is 61.0 cm³/mol. The van der Waals surface area contributed by atoms with E-state index in [0.717, 1.165) is 15.7 Å². The van der Waals surface area contributed by atoms with E-state index < -0.39 is 0 Å². The maximum absolute atomic E-state index is 11.1. The number of anilines is 1. The van der Waals surface area contributed by atoms with Crippen molar-refractivity contribution in [3.05, 3.63) is 28.2 Å². The van der Waals surface area contributed by atoms with Crippen molar-refractivity contribution in [1.29, 1.82) is 0 Å². The largest absolute Gasteiger partial charge is 0.325 e. The average molecular weight is 252 g/mol. The highest BCUT2D eigenvalue weighted by molar-refractivity contribution is 9.10. The first-order valence-electron chi connectivity index (χ1n) is 4.13. The molecule has 0 bridgehead atoms. The van der Waals surface area contributed by atoms with Crippen molar-refractivity contribution in [2.45, 2.75) is 13.3 Å². The second-order valence-electron chi connectivity index (χ2n) is 2.89. The van der Waals surface area contributed by atoms with Gasteiger partial charge in [0, 0.05) is 10.2 Å². The lowest BCUT2D eigenvalue weighted by molar-refractivity contribution is -0.115. The van der Waals surface area contributed by atoms with Gasteiger partial charge in [-0.2, -0.15) is 0 Å². The molecule has 1 rings (SSSR count). The summed E-state index contributed by atoms with van der Waals surface area (Å²) < 4.78 is 0.969. The lowest BCUT2D eigenvalue weighted by atomic mass is 10.2. The molecule has 1 amide bonds. The molecule has 0 saturated carbocycles. The highest BCUT2D eigenvalue weighted by atomic mass is 79.9. The van der Waals surface area contributed by atoms with Gasteiger partial charge in [0.15, 0.2) is 0 Å². The molecule has 1 N–H and O–H groups in total. The van der Waals surface area contributed by atoms with E-state index in [2.05, 4.69) is 27.2 Å². The van der Waals surface area contributed by atoms with Crippen LogP contribution in [0.25, 0.3) is 0 Å². The van der Waals surface area contributed by atoms with Gasteiger partial charge in [-0.05, 0) is 24.6 Å². The molecular weight excluding hydrogens is 242 g/mol. The SMILES string of the molecule is C#CCC(=O)Nc1ccc(C)c(Br)c1. The first-order chi connectivity index (χ1) is 6.63. The Bertz CT molecular complexity index is 393. The van der Waals surface area contributed by atoms with E-state index in [-0.39, 0.29) is 12.3 Å². The van der Waals surface area contributed by atoms with Gasteiger partial charge >= 0.3 is 0 Å². The van der Waals surface area contributed by atoms with Crippen LogP contribution in [0.2, 0.25) is 0 Å². The van der Waals surface area contributed by atoms with Gasteiger partial charge in [-0.1, -0.05) is 27.9 Å². The Morgan fingerprint density at radius 1 is 1.64 bits per heavy atom. The van der Waals surface area contributed by atoms with Crippen molar-refractivity contribution >= 4 is 27.5 Å². The van der Waals surface area contributed by atoms with Crippen molar-refractivity contribution in [2.24, 2.45) is 0 Å². The zero-order valence-electron chi connectivity index (χ0n) is 7.80. The maximum Gasteiger partial charge on any atom is 0.236 e. The Labute approximate surface area is 91.8 Å². The van der Waals surface area contributed by atoms with E-state index in [4.69, 9.17) is 6.42 Å². The second-order valence-corrected chi connectivity index (χ2v) is 3.75. The van der Waals surface area contributed by atoms with Crippen molar-refractivity contribution in [2.75, 3.05) is 5.32 Å². The summed E-state index contributed by atoms with van der Waals surface area (Å²) >= 11 is 3.38. The molecule has 14 heavy (non-hydrogen) atoms. The van der Waals surface area contributed by atoms with Crippen molar-refractivity contribution in [3.8, 4) is 12.3 Å². The number of hydrogen-bond donors (Lipinski definition) is 1. The number of benzene rings is 1. The molecule has 0 aliphatic heterocycles. The quantitative estimate of drug-likeness (QED) is 0.805. The maximum atomic E-state index is 11.1. The standard InChI is InChI=1S/C11H10BrNO/c1-3-4-11(14)13-9-6-5-8(2)10(12)7-9/h1,5-7H,4H2,2H3,(H,13,14). The molecule has 1 aromatic carbocycles. The van der Waals surface area contributed by atoms with E-state index in [1.807, 2.05) is 25.1 Å². The fourth-order valence-corrected chi connectivity index (χ4v) is 1.35. The van der Waals surface area contributed by atoms with Gasteiger partial charge in [-0.3, -0.25) is 4.79 Å². The number of terminal acetylenes is 1. The number of aryl methyl sites for hydroxylation is 1. The number of nitrogens with one attached hydrogen (secondary N) is 1. The molecule has 0 atom stereocenters. The third-order valence-electron chi connectivity index (χ3n) is 1.72. The Morgan fingerprint density at radius 3 is 2.93 bits per heavy atom. The minimum atomic E-state index is -0.164. The molecule has 0 unspecified atom stereocenters. The number of carbonyl (C=O) groups excluding carboxylic acids is 1. The lowest BCUT2D eigenvalue weighted by Gasteiger charge is -2.04. The molecule has 0 saturated heterocycles. The summed E-state index contributed by atoms with van der Waals surface area (Å²) in [6.45, 7) is 1.98. The fraction of sp³-hybridized carbons (Fsp3) is 0.182. The molecule has 2 nitrogen and oxygen atoms in total. The molecule has 0 aliphatic rings. The predicted octanol–water partition coefficient (Wildman–Crippen LogP) is 2.72. The zero-order valence-corrected chi connectivity index (χ0v) is 9.39. The molecule has 0 aliphatic carbocycles. The Morgan fingerprint density at radius 2 is 2.36 bits per heavy atom. The first-order valence-corrected chi connectivity index (χ1v) is 4.92. The van der Waals surface area contributed by atoms with Gasteiger partial charge in [0.1, 0.15) is 0 Å². The molecule has 0 fully saturated rings. The Hall–Kier alpha value is -1.27. The number of hydrogen-bond acceptors (Lipinski definition) is 1. The zero-order chi connectivity index (χ0) is 10.6. The van der Waals surface area contributed by atoms with E-state index in [9.17, 15) is 4.79 Å². The summed E-state index contributed by atoms with van der Waals surface area (Å²) in [7, 11) is 0. The smallest absolute Gasteiger partial charge is 0.236 e. The topological polar surface area (TPSA) is 29.1 Å². The van der Waals surface area contributed by atoms with Gasteiger partial charge < -0.3 is 5.32 Å². The molecule has 0 radical (unpaired) electrons. The van der Waals surface area contributed by atoms with Gasteiger partial charge in [-0.25, -0.2) is 0 Å². The average Bonchev–Trinajstić information content (AvgIpc) is 2.12. The van der Waals surface area contributed by atoms with Crippen LogP contribution in [0, 0.1) is 19.3 Å². The molecule has 0 heterocycles. The van der Waals surface area contributed by atoms with E-state index in [1.54, 1.807) is 0 Å². The van der Waals surface area contributed by atoms with Gasteiger partial charge in [-0.15, -0.1) is 6.42 Å². The molecule has 3 heteroatoms. The number of halogens is 1. The normalized spacial score (nSPS) is 9.21. The molecular formula is C11H10BrNO. The monoisotopic (exact) mass is 251 g/mol. The molecule has 0 spiro atoms. The van der Waals surface area contributed by atoms with Crippen LogP contribution in [0.3, 0.4) is 0 Å². The summed E-state index contributed by atoms with van der Waals surface area (Å²) in [6.07, 6.45) is 5.12. The van der Waals surface area contributed by atoms with Crippen LogP contribution in [-0.4, -0.2) is 5.91 Å². The summed E-state index contributed by atoms with van der Waals surface area (Å²) in [5.74, 6) is 2.13. The summed E-state index contributed by atoms with van der Waals surface area (Å²) in [5.41, 5.74) is 1.88. The molecule has 1 aromatic rings. The highest BCUT2D eigenvalue weighted by Gasteiger charge is 2.01. The number of rotatable bonds is 2. The summed E-state index contributed by atoms with van der Waals surface area (Å²) in [5, 5.41) is 2.70. The van der Waals surface area contributed by atoms with Crippen LogP contribution in [0.4, 0.5) is 5.69 Å².